The monoisotopic (exact) mass is 460 g/mol. The van der Waals surface area contributed by atoms with Gasteiger partial charge in [-0.2, -0.15) is 0 Å². The van der Waals surface area contributed by atoms with Crippen LogP contribution < -0.4 is 0 Å². The molecule has 34 heavy (non-hydrogen) atoms. The Hall–Kier alpha value is -4.34. The first kappa shape index (κ1) is 21.5. The highest BCUT2D eigenvalue weighted by molar-refractivity contribution is 5.97. The van der Waals surface area contributed by atoms with Gasteiger partial charge in [-0.05, 0) is 31.1 Å². The number of rotatable bonds is 6. The van der Waals surface area contributed by atoms with Gasteiger partial charge in [-0.3, -0.25) is 20.2 Å². The summed E-state index contributed by atoms with van der Waals surface area (Å²) >= 11 is 0. The Kier molecular flexibility index (Phi) is 4.82. The van der Waals surface area contributed by atoms with E-state index in [1.54, 1.807) is 49.4 Å². The number of fused-ring (bicyclic) bond motifs is 1. The molecule has 0 amide bonds. The van der Waals surface area contributed by atoms with Gasteiger partial charge in [0, 0.05) is 4.92 Å². The van der Waals surface area contributed by atoms with Crippen molar-refractivity contribution < 1.29 is 19.2 Å². The molecule has 0 spiro atoms. The standard InChI is InChI=1S/C24H20N4O6/c1-15-21(27(29)30)22(33-25-15)20-19(18-11-7-4-8-12-18)24(28(31)32)16(2)26-34-23(20,24)14-13-17-9-5-3-6-10-17/h3-14,19-20H,1-2H3/b14-13+/t19-,20+,23+,24+/m0/s1. The number of hydrogen-bond acceptors (Lipinski definition) is 8. The number of oxime groups is 1. The van der Waals surface area contributed by atoms with Gasteiger partial charge in [-0.15, -0.1) is 0 Å². The number of aromatic nitrogens is 1. The van der Waals surface area contributed by atoms with E-state index in [2.05, 4.69) is 10.3 Å². The summed E-state index contributed by atoms with van der Waals surface area (Å²) in [5.74, 6) is -1.85. The Morgan fingerprint density at radius 1 is 0.971 bits per heavy atom. The topological polar surface area (TPSA) is 134 Å². The van der Waals surface area contributed by atoms with Crippen molar-refractivity contribution in [1.29, 1.82) is 0 Å². The molecule has 0 N–H and O–H groups in total. The van der Waals surface area contributed by atoms with Crippen LogP contribution in [-0.4, -0.2) is 31.9 Å². The minimum Gasteiger partial charge on any atom is -0.376 e. The average molecular weight is 460 g/mol. The van der Waals surface area contributed by atoms with Crippen LogP contribution in [0.25, 0.3) is 6.08 Å². The summed E-state index contributed by atoms with van der Waals surface area (Å²) in [7, 11) is 0. The Balaban J connectivity index is 1.78. The molecule has 0 bridgehead atoms. The molecule has 1 aromatic heterocycles. The highest BCUT2D eigenvalue weighted by atomic mass is 16.7. The fourth-order valence-corrected chi connectivity index (χ4v) is 5.40. The maximum Gasteiger partial charge on any atom is 0.334 e. The van der Waals surface area contributed by atoms with E-state index in [0.29, 0.717) is 5.56 Å². The molecule has 2 aromatic carbocycles. The number of aryl methyl sites for hydroxylation is 1. The predicted molar refractivity (Wildman–Crippen MR) is 122 cm³/mol. The van der Waals surface area contributed by atoms with Crippen molar-refractivity contribution in [3.05, 3.63) is 110 Å². The van der Waals surface area contributed by atoms with Crippen LogP contribution in [0.4, 0.5) is 5.69 Å². The van der Waals surface area contributed by atoms with E-state index < -0.39 is 32.8 Å². The molecule has 0 unspecified atom stereocenters. The second-order valence-electron chi connectivity index (χ2n) is 8.43. The lowest BCUT2D eigenvalue weighted by atomic mass is 9.45. The zero-order valence-electron chi connectivity index (χ0n) is 18.3. The molecule has 10 heteroatoms. The van der Waals surface area contributed by atoms with Gasteiger partial charge in [-0.1, -0.05) is 77.1 Å². The van der Waals surface area contributed by atoms with E-state index in [9.17, 15) is 20.2 Å². The van der Waals surface area contributed by atoms with Crippen molar-refractivity contribution in [3.63, 3.8) is 0 Å². The summed E-state index contributed by atoms with van der Waals surface area (Å²) in [6, 6.07) is 18.1. The van der Waals surface area contributed by atoms with Crippen LogP contribution in [0, 0.1) is 27.2 Å². The fraction of sp³-hybridized carbons (Fsp3) is 0.250. The van der Waals surface area contributed by atoms with Crippen molar-refractivity contribution in [2.75, 3.05) is 0 Å². The third-order valence-electron chi connectivity index (χ3n) is 6.82. The summed E-state index contributed by atoms with van der Waals surface area (Å²) in [5.41, 5.74) is -2.10. The van der Waals surface area contributed by atoms with Crippen molar-refractivity contribution in [1.82, 2.24) is 5.16 Å². The largest absolute Gasteiger partial charge is 0.376 e. The van der Waals surface area contributed by atoms with E-state index in [-0.39, 0.29) is 22.9 Å². The van der Waals surface area contributed by atoms with E-state index in [4.69, 9.17) is 9.36 Å². The number of hydrogen-bond donors (Lipinski definition) is 0. The molecule has 1 fully saturated rings. The second-order valence-corrected chi connectivity index (χ2v) is 8.43. The van der Waals surface area contributed by atoms with Crippen LogP contribution >= 0.6 is 0 Å². The lowest BCUT2D eigenvalue weighted by Gasteiger charge is -2.54. The third kappa shape index (κ3) is 2.68. The van der Waals surface area contributed by atoms with Gasteiger partial charge in [0.25, 0.3) is 0 Å². The molecule has 1 saturated carbocycles. The van der Waals surface area contributed by atoms with Crippen LogP contribution in [0.15, 0.2) is 76.4 Å². The second kappa shape index (κ2) is 7.62. The van der Waals surface area contributed by atoms with E-state index in [1.165, 1.54) is 6.92 Å². The molecule has 0 saturated heterocycles. The Bertz CT molecular complexity index is 1340. The first-order chi connectivity index (χ1) is 16.3. The predicted octanol–water partition coefficient (Wildman–Crippen LogP) is 4.65. The first-order valence-corrected chi connectivity index (χ1v) is 10.6. The molecule has 172 valence electrons. The van der Waals surface area contributed by atoms with E-state index in [1.807, 2.05) is 30.3 Å². The SMILES string of the molecule is CC1=NO[C@]2(/C=C/c3ccccc3)[C@@H](c3onc(C)c3[N+](=O)[O-])[C@H](c3ccccc3)[C@]12[N+](=O)[O-]. The lowest BCUT2D eigenvalue weighted by Crippen LogP contribution is -2.76. The van der Waals surface area contributed by atoms with Crippen LogP contribution in [0.1, 0.15) is 41.3 Å². The van der Waals surface area contributed by atoms with Gasteiger partial charge >= 0.3 is 11.2 Å². The smallest absolute Gasteiger partial charge is 0.334 e. The van der Waals surface area contributed by atoms with Gasteiger partial charge < -0.3 is 9.36 Å². The Morgan fingerprint density at radius 3 is 2.24 bits per heavy atom. The third-order valence-corrected chi connectivity index (χ3v) is 6.82. The van der Waals surface area contributed by atoms with Crippen LogP contribution in [0.3, 0.4) is 0 Å². The molecular weight excluding hydrogens is 440 g/mol. The molecule has 4 atom stereocenters. The van der Waals surface area contributed by atoms with Crippen molar-refractivity contribution in [2.24, 2.45) is 5.16 Å². The van der Waals surface area contributed by atoms with Gasteiger partial charge in [0.15, 0.2) is 5.69 Å². The molecule has 2 aliphatic rings. The van der Waals surface area contributed by atoms with E-state index >= 15 is 0 Å². The minimum absolute atomic E-state index is 0.0727. The highest BCUT2D eigenvalue weighted by Crippen LogP contribution is 2.69. The first-order valence-electron chi connectivity index (χ1n) is 10.6. The summed E-state index contributed by atoms with van der Waals surface area (Å²) in [5, 5.41) is 32.6. The van der Waals surface area contributed by atoms with Gasteiger partial charge in [0.05, 0.1) is 16.8 Å². The molecule has 1 aliphatic heterocycles. The summed E-state index contributed by atoms with van der Waals surface area (Å²) in [4.78, 5) is 29.6. The summed E-state index contributed by atoms with van der Waals surface area (Å²) in [6.07, 6.45) is 3.28. The Morgan fingerprint density at radius 2 is 1.62 bits per heavy atom. The number of nitro groups is 2. The Labute approximate surface area is 193 Å². The van der Waals surface area contributed by atoms with Crippen molar-refractivity contribution >= 4 is 17.5 Å². The van der Waals surface area contributed by atoms with Crippen LogP contribution in [0.5, 0.6) is 0 Å². The molecule has 5 rings (SSSR count). The number of nitrogens with zero attached hydrogens (tertiary/aromatic N) is 4. The van der Waals surface area contributed by atoms with Crippen LogP contribution in [-0.2, 0) is 4.84 Å². The molecular formula is C24H20N4O6. The summed E-state index contributed by atoms with van der Waals surface area (Å²) in [6.45, 7) is 3.01. The quantitative estimate of drug-likeness (QED) is 0.386. The maximum atomic E-state index is 12.8. The normalized spacial score (nSPS) is 27.5. The lowest BCUT2D eigenvalue weighted by molar-refractivity contribution is -0.592. The molecule has 1 aliphatic carbocycles. The van der Waals surface area contributed by atoms with Crippen molar-refractivity contribution in [2.45, 2.75) is 36.8 Å². The summed E-state index contributed by atoms with van der Waals surface area (Å²) < 4.78 is 5.48. The van der Waals surface area contributed by atoms with Gasteiger partial charge in [-0.25, -0.2) is 0 Å². The molecule has 0 radical (unpaired) electrons. The molecule has 2 heterocycles. The highest BCUT2D eigenvalue weighted by Gasteiger charge is 2.88. The van der Waals surface area contributed by atoms with Gasteiger partial charge in [0.2, 0.25) is 11.4 Å². The van der Waals surface area contributed by atoms with Crippen LogP contribution in [0.2, 0.25) is 0 Å². The molecule has 10 nitrogen and oxygen atoms in total. The average Bonchev–Trinajstić information content (AvgIpc) is 3.30. The fourth-order valence-electron chi connectivity index (χ4n) is 5.40. The number of benzene rings is 2. The van der Waals surface area contributed by atoms with E-state index in [0.717, 1.165) is 5.56 Å². The van der Waals surface area contributed by atoms with Gasteiger partial charge in [0.1, 0.15) is 5.71 Å². The maximum absolute atomic E-state index is 12.8. The zero-order valence-corrected chi connectivity index (χ0v) is 18.3. The minimum atomic E-state index is -1.79. The van der Waals surface area contributed by atoms with Crippen molar-refractivity contribution in [3.8, 4) is 0 Å². The molecule has 3 aromatic rings. The zero-order chi connectivity index (χ0) is 24.1.